The molecule has 3 nitrogen and oxygen atoms in total. The Labute approximate surface area is 147 Å². The molecule has 0 saturated heterocycles. The number of rotatable bonds is 3. The highest BCUT2D eigenvalue weighted by atomic mass is 16.5. The second-order valence-electron chi connectivity index (χ2n) is 6.17. The highest BCUT2D eigenvalue weighted by molar-refractivity contribution is 6.05. The Bertz CT molecular complexity index is 1090. The Hall–Kier alpha value is -3.07. The highest BCUT2D eigenvalue weighted by Gasteiger charge is 2.12. The minimum Gasteiger partial charge on any atom is -0.462 e. The summed E-state index contributed by atoms with van der Waals surface area (Å²) in [5.41, 5.74) is 3.26. The largest absolute Gasteiger partial charge is 0.462 e. The third-order valence-electron chi connectivity index (χ3n) is 4.57. The number of aryl methyl sites for hydroxylation is 1. The van der Waals surface area contributed by atoms with Crippen molar-refractivity contribution in [1.29, 1.82) is 0 Å². The van der Waals surface area contributed by atoms with E-state index in [1.807, 2.05) is 32.1 Å². The molecule has 124 valence electrons. The first-order chi connectivity index (χ1) is 12.2. The van der Waals surface area contributed by atoms with E-state index in [0.717, 1.165) is 33.9 Å². The minimum atomic E-state index is 0.837. The van der Waals surface area contributed by atoms with Crippen LogP contribution < -0.4 is 4.74 Å². The summed E-state index contributed by atoms with van der Waals surface area (Å²) in [6.07, 6.45) is 1.95. The molecule has 0 aliphatic rings. The van der Waals surface area contributed by atoms with E-state index in [0.29, 0.717) is 0 Å². The van der Waals surface area contributed by atoms with Gasteiger partial charge in [-0.1, -0.05) is 30.3 Å². The quantitative estimate of drug-likeness (QED) is 0.451. The van der Waals surface area contributed by atoms with Crippen LogP contribution in [-0.4, -0.2) is 9.55 Å². The number of fused-ring (bicyclic) bond motifs is 3. The van der Waals surface area contributed by atoms with Crippen LogP contribution in [0.15, 0.2) is 72.5 Å². The van der Waals surface area contributed by atoms with Crippen LogP contribution in [-0.2, 0) is 7.05 Å². The summed E-state index contributed by atoms with van der Waals surface area (Å²) >= 11 is 0. The topological polar surface area (TPSA) is 27.1 Å². The molecule has 0 aliphatic carbocycles. The van der Waals surface area contributed by atoms with Gasteiger partial charge in [0.2, 0.25) is 0 Å². The molecule has 1 aromatic heterocycles. The van der Waals surface area contributed by atoms with Crippen LogP contribution in [0.2, 0.25) is 0 Å². The van der Waals surface area contributed by atoms with Crippen LogP contribution in [0.1, 0.15) is 13.8 Å². The van der Waals surface area contributed by atoms with Crippen LogP contribution in [0.3, 0.4) is 0 Å². The summed E-state index contributed by atoms with van der Waals surface area (Å²) < 4.78 is 7.88. The van der Waals surface area contributed by atoms with Gasteiger partial charge < -0.3 is 9.30 Å². The van der Waals surface area contributed by atoms with Gasteiger partial charge in [0.1, 0.15) is 11.6 Å². The van der Waals surface area contributed by atoms with Crippen molar-refractivity contribution in [2.45, 2.75) is 13.8 Å². The van der Waals surface area contributed by atoms with Crippen molar-refractivity contribution in [2.24, 2.45) is 7.05 Å². The maximum atomic E-state index is 5.74. The number of allylic oxidation sites excluding steroid dienone is 2. The predicted octanol–water partition coefficient (Wildman–Crippen LogP) is 5.70. The fraction of sp³-hybridized carbons (Fsp3) is 0.136. The summed E-state index contributed by atoms with van der Waals surface area (Å²) in [5.74, 6) is 2.69. The van der Waals surface area contributed by atoms with Crippen LogP contribution in [0, 0.1) is 0 Å². The van der Waals surface area contributed by atoms with Crippen molar-refractivity contribution in [3.63, 3.8) is 0 Å². The molecule has 3 aromatic carbocycles. The van der Waals surface area contributed by atoms with Gasteiger partial charge in [-0.15, -0.1) is 0 Å². The third kappa shape index (κ3) is 2.68. The van der Waals surface area contributed by atoms with Gasteiger partial charge in [0.15, 0.2) is 0 Å². The van der Waals surface area contributed by atoms with Crippen LogP contribution >= 0.6 is 0 Å². The van der Waals surface area contributed by atoms with Crippen molar-refractivity contribution < 1.29 is 4.74 Å². The predicted molar refractivity (Wildman–Crippen MR) is 104 cm³/mol. The summed E-state index contributed by atoms with van der Waals surface area (Å²) in [6.45, 7) is 3.91. The van der Waals surface area contributed by atoms with Gasteiger partial charge >= 0.3 is 0 Å². The lowest BCUT2D eigenvalue weighted by molar-refractivity contribution is 0.427. The average molecular weight is 328 g/mol. The molecule has 4 rings (SSSR count). The average Bonchev–Trinajstić information content (AvgIpc) is 2.99. The molecule has 0 fully saturated rings. The van der Waals surface area contributed by atoms with Crippen LogP contribution in [0.5, 0.6) is 5.75 Å². The van der Waals surface area contributed by atoms with E-state index >= 15 is 0 Å². The molecule has 0 bridgehead atoms. The van der Waals surface area contributed by atoms with Crippen molar-refractivity contribution >= 4 is 21.8 Å². The van der Waals surface area contributed by atoms with E-state index < -0.39 is 0 Å². The van der Waals surface area contributed by atoms with E-state index in [1.165, 1.54) is 10.8 Å². The fourth-order valence-electron chi connectivity index (χ4n) is 3.10. The second kappa shape index (κ2) is 6.10. The van der Waals surface area contributed by atoms with Crippen molar-refractivity contribution in [3.05, 3.63) is 72.5 Å². The lowest BCUT2D eigenvalue weighted by Gasteiger charge is -2.07. The van der Waals surface area contributed by atoms with Crippen LogP contribution in [0.4, 0.5) is 0 Å². The van der Waals surface area contributed by atoms with Crippen LogP contribution in [0.25, 0.3) is 33.2 Å². The molecule has 0 N–H and O–H groups in total. The maximum absolute atomic E-state index is 5.74. The first kappa shape index (κ1) is 15.5. The van der Waals surface area contributed by atoms with Crippen molar-refractivity contribution in [3.8, 4) is 17.1 Å². The number of aromatic nitrogens is 2. The Morgan fingerprint density at radius 2 is 1.76 bits per heavy atom. The summed E-state index contributed by atoms with van der Waals surface area (Å²) in [7, 11) is 2.06. The monoisotopic (exact) mass is 328 g/mol. The number of hydrogen-bond donors (Lipinski definition) is 0. The molecule has 0 radical (unpaired) electrons. The lowest BCUT2D eigenvalue weighted by Crippen LogP contribution is -1.93. The van der Waals surface area contributed by atoms with Gasteiger partial charge in [0.25, 0.3) is 0 Å². The second-order valence-corrected chi connectivity index (χ2v) is 6.17. The Morgan fingerprint density at radius 1 is 1.00 bits per heavy atom. The summed E-state index contributed by atoms with van der Waals surface area (Å²) in [4.78, 5) is 4.93. The fourth-order valence-corrected chi connectivity index (χ4v) is 3.10. The Morgan fingerprint density at radius 3 is 2.52 bits per heavy atom. The zero-order valence-electron chi connectivity index (χ0n) is 14.7. The number of benzene rings is 3. The van der Waals surface area contributed by atoms with Gasteiger partial charge in [-0.3, -0.25) is 0 Å². The first-order valence-corrected chi connectivity index (χ1v) is 8.43. The van der Waals surface area contributed by atoms with Crippen molar-refractivity contribution in [2.75, 3.05) is 0 Å². The molecule has 0 amide bonds. The van der Waals surface area contributed by atoms with E-state index in [9.17, 15) is 0 Å². The molecule has 0 aliphatic heterocycles. The first-order valence-electron chi connectivity index (χ1n) is 8.43. The van der Waals surface area contributed by atoms with E-state index in [4.69, 9.17) is 9.72 Å². The Balaban J connectivity index is 1.81. The van der Waals surface area contributed by atoms with E-state index in [1.54, 1.807) is 0 Å². The molecule has 0 saturated carbocycles. The minimum absolute atomic E-state index is 0.837. The zero-order chi connectivity index (χ0) is 17.4. The SMILES string of the molecule is CC=C(C)Oc1ccc(-c2nc3c4ccccc4ccc3n2C)cc1. The standard InChI is InChI=1S/C22H20N2O/c1-4-15(2)25-18-12-9-17(10-13-18)22-23-21-19-8-6-5-7-16(19)11-14-20(21)24(22)3/h4-14H,1-3H3. The Kier molecular flexibility index (Phi) is 3.77. The van der Waals surface area contributed by atoms with Gasteiger partial charge in [-0.05, 0) is 55.6 Å². The molecule has 25 heavy (non-hydrogen) atoms. The zero-order valence-corrected chi connectivity index (χ0v) is 14.7. The number of imidazole rings is 1. The number of nitrogens with zero attached hydrogens (tertiary/aromatic N) is 2. The lowest BCUT2D eigenvalue weighted by atomic mass is 10.1. The highest BCUT2D eigenvalue weighted by Crippen LogP contribution is 2.30. The molecular weight excluding hydrogens is 308 g/mol. The number of ether oxygens (including phenoxy) is 1. The maximum Gasteiger partial charge on any atom is 0.140 e. The van der Waals surface area contributed by atoms with Gasteiger partial charge in [-0.25, -0.2) is 4.98 Å². The van der Waals surface area contributed by atoms with E-state index in [2.05, 4.69) is 60.1 Å². The molecule has 0 atom stereocenters. The van der Waals surface area contributed by atoms with E-state index in [-0.39, 0.29) is 0 Å². The third-order valence-corrected chi connectivity index (χ3v) is 4.57. The molecule has 0 unspecified atom stereocenters. The van der Waals surface area contributed by atoms with Gasteiger partial charge in [0.05, 0.1) is 16.8 Å². The smallest absolute Gasteiger partial charge is 0.140 e. The van der Waals surface area contributed by atoms with Crippen molar-refractivity contribution in [1.82, 2.24) is 9.55 Å². The normalized spacial score (nSPS) is 12.0. The molecule has 1 heterocycles. The molecule has 4 aromatic rings. The summed E-state index contributed by atoms with van der Waals surface area (Å²) in [6, 6.07) is 20.8. The molecule has 0 spiro atoms. The van der Waals surface area contributed by atoms with Gasteiger partial charge in [-0.2, -0.15) is 0 Å². The molecular formula is C22H20N2O. The van der Waals surface area contributed by atoms with Gasteiger partial charge in [0, 0.05) is 18.0 Å². The summed E-state index contributed by atoms with van der Waals surface area (Å²) in [5, 5.41) is 2.40. The number of hydrogen-bond acceptors (Lipinski definition) is 2. The molecule has 3 heteroatoms.